The van der Waals surface area contributed by atoms with Crippen LogP contribution in [0.25, 0.3) is 78.2 Å². The molecule has 5 aromatic heterocycles. The van der Waals surface area contributed by atoms with Gasteiger partial charge in [0.15, 0.2) is 0 Å². The lowest BCUT2D eigenvalue weighted by atomic mass is 10.0. The predicted molar refractivity (Wildman–Crippen MR) is 178 cm³/mol. The van der Waals surface area contributed by atoms with Crippen LogP contribution in [-0.2, 0) is 0 Å². The average Bonchev–Trinajstić information content (AvgIpc) is 3.12. The van der Waals surface area contributed by atoms with Crippen LogP contribution in [0.4, 0.5) is 0 Å². The normalized spacial score (nSPS) is 11.2. The highest BCUT2D eigenvalue weighted by Crippen LogP contribution is 2.31. The molecule has 0 N–H and O–H groups in total. The minimum atomic E-state index is 0.782. The van der Waals surface area contributed by atoms with Crippen LogP contribution >= 0.6 is 0 Å². The minimum absolute atomic E-state index is 0.782. The van der Waals surface area contributed by atoms with Gasteiger partial charge >= 0.3 is 0 Å². The number of rotatable bonds is 5. The highest BCUT2D eigenvalue weighted by molar-refractivity contribution is 6.04. The van der Waals surface area contributed by atoms with Crippen molar-refractivity contribution >= 4 is 21.8 Å². The van der Waals surface area contributed by atoms with Gasteiger partial charge in [0.2, 0.25) is 0 Å². The Kier molecular flexibility index (Phi) is 6.39. The summed E-state index contributed by atoms with van der Waals surface area (Å²) < 4.78 is 0. The van der Waals surface area contributed by atoms with Gasteiger partial charge in [-0.25, -0.2) is 15.0 Å². The van der Waals surface area contributed by atoms with Gasteiger partial charge in [-0.15, -0.1) is 0 Å². The van der Waals surface area contributed by atoms with E-state index in [0.717, 1.165) is 78.2 Å². The van der Waals surface area contributed by atoms with E-state index in [1.54, 1.807) is 6.20 Å². The fourth-order valence-corrected chi connectivity index (χ4v) is 5.50. The highest BCUT2D eigenvalue weighted by atomic mass is 14.8. The molecule has 0 saturated carbocycles. The first kappa shape index (κ1) is 25.6. The predicted octanol–water partition coefficient (Wildman–Crippen LogP) is 9.30. The van der Waals surface area contributed by atoms with Crippen LogP contribution in [0.2, 0.25) is 0 Å². The molecule has 0 atom stereocenters. The summed E-state index contributed by atoms with van der Waals surface area (Å²) in [6, 6.07) is 47.2. The number of hydrogen-bond donors (Lipinski definition) is 0. The lowest BCUT2D eigenvalue weighted by Crippen LogP contribution is -1.95. The van der Waals surface area contributed by atoms with Crippen LogP contribution in [0.5, 0.6) is 0 Å². The Hall–Kier alpha value is -6.07. The van der Waals surface area contributed by atoms with Gasteiger partial charge in [0.05, 0.1) is 45.2 Å². The maximum Gasteiger partial charge on any atom is 0.0972 e. The maximum atomic E-state index is 5.09. The molecule has 44 heavy (non-hydrogen) atoms. The zero-order chi connectivity index (χ0) is 29.3. The second-order valence-electron chi connectivity index (χ2n) is 10.6. The van der Waals surface area contributed by atoms with Gasteiger partial charge in [-0.3, -0.25) is 9.97 Å². The van der Waals surface area contributed by atoms with Gasteiger partial charge in [0, 0.05) is 34.3 Å². The Morgan fingerprint density at radius 2 is 0.864 bits per heavy atom. The molecule has 5 heteroatoms. The zero-order valence-electron chi connectivity index (χ0n) is 23.7. The molecule has 0 aliphatic heterocycles. The lowest BCUT2D eigenvalue weighted by molar-refractivity contribution is 1.22. The standard InChI is InChI=1S/C39H25N5/c1-3-9-26(10-4-1)31-23-36(34-13-7-8-22-40-34)42-37(24-31)35-21-18-30(25-41-35)33-20-17-29-15-14-28-16-19-32(27-11-5-2-6-12-27)43-38(28)39(29)44-33/h1-25H. The molecule has 0 unspecified atom stereocenters. The van der Waals surface area contributed by atoms with E-state index < -0.39 is 0 Å². The fourth-order valence-electron chi connectivity index (χ4n) is 5.50. The molecular weight excluding hydrogens is 538 g/mol. The van der Waals surface area contributed by atoms with E-state index in [1.807, 2.05) is 72.9 Å². The van der Waals surface area contributed by atoms with Crippen molar-refractivity contribution < 1.29 is 0 Å². The van der Waals surface area contributed by atoms with Crippen molar-refractivity contribution in [2.24, 2.45) is 0 Å². The zero-order valence-corrected chi connectivity index (χ0v) is 23.7. The first-order valence-electron chi connectivity index (χ1n) is 14.5. The SMILES string of the molecule is c1ccc(-c2cc(-c3ccccn3)nc(-c3ccc(-c4ccc5ccc6ccc(-c7ccccc7)nc6c5n4)cn3)c2)cc1. The summed E-state index contributed by atoms with van der Waals surface area (Å²) in [5.41, 5.74) is 10.9. The van der Waals surface area contributed by atoms with Gasteiger partial charge < -0.3 is 0 Å². The quantitative estimate of drug-likeness (QED) is 0.195. The van der Waals surface area contributed by atoms with Gasteiger partial charge in [-0.1, -0.05) is 91.0 Å². The molecule has 5 heterocycles. The summed E-state index contributed by atoms with van der Waals surface area (Å²) in [5, 5.41) is 2.11. The number of pyridine rings is 5. The lowest BCUT2D eigenvalue weighted by Gasteiger charge is -2.10. The number of fused-ring (bicyclic) bond motifs is 3. The van der Waals surface area contributed by atoms with Crippen LogP contribution in [0.3, 0.4) is 0 Å². The highest BCUT2D eigenvalue weighted by Gasteiger charge is 2.12. The maximum absolute atomic E-state index is 5.09. The molecule has 206 valence electrons. The van der Waals surface area contributed by atoms with Crippen LogP contribution in [0.1, 0.15) is 0 Å². The van der Waals surface area contributed by atoms with Crippen molar-refractivity contribution in [3.05, 3.63) is 152 Å². The molecule has 0 aliphatic rings. The van der Waals surface area contributed by atoms with E-state index in [4.69, 9.17) is 19.9 Å². The van der Waals surface area contributed by atoms with Crippen LogP contribution in [-0.4, -0.2) is 24.9 Å². The smallest absolute Gasteiger partial charge is 0.0972 e. The topological polar surface area (TPSA) is 64.5 Å². The summed E-state index contributed by atoms with van der Waals surface area (Å²) in [6.45, 7) is 0. The Morgan fingerprint density at radius 1 is 0.318 bits per heavy atom. The Morgan fingerprint density at radius 3 is 1.45 bits per heavy atom. The molecule has 0 fully saturated rings. The van der Waals surface area contributed by atoms with E-state index in [9.17, 15) is 0 Å². The van der Waals surface area contributed by atoms with Gasteiger partial charge in [-0.2, -0.15) is 0 Å². The van der Waals surface area contributed by atoms with E-state index in [0.29, 0.717) is 0 Å². The largest absolute Gasteiger partial charge is 0.255 e. The molecule has 0 radical (unpaired) electrons. The summed E-state index contributed by atoms with van der Waals surface area (Å²) in [5.74, 6) is 0. The minimum Gasteiger partial charge on any atom is -0.255 e. The molecule has 0 amide bonds. The molecular formula is C39H25N5. The van der Waals surface area contributed by atoms with Crippen molar-refractivity contribution in [1.82, 2.24) is 24.9 Å². The second kappa shape index (κ2) is 11.0. The summed E-state index contributed by atoms with van der Waals surface area (Å²) in [6.07, 6.45) is 3.66. The molecule has 0 saturated heterocycles. The molecule has 0 aliphatic carbocycles. The van der Waals surface area contributed by atoms with E-state index in [2.05, 4.69) is 77.8 Å². The molecule has 8 rings (SSSR count). The van der Waals surface area contributed by atoms with Crippen LogP contribution in [0, 0.1) is 0 Å². The Bertz CT molecular complexity index is 2190. The molecule has 0 spiro atoms. The van der Waals surface area contributed by atoms with E-state index in [1.165, 1.54) is 0 Å². The number of benzene rings is 3. The van der Waals surface area contributed by atoms with Gasteiger partial charge in [-0.05, 0) is 59.7 Å². The molecule has 3 aromatic carbocycles. The summed E-state index contributed by atoms with van der Waals surface area (Å²) in [4.78, 5) is 24.5. The van der Waals surface area contributed by atoms with Crippen molar-refractivity contribution in [2.45, 2.75) is 0 Å². The van der Waals surface area contributed by atoms with Crippen molar-refractivity contribution in [2.75, 3.05) is 0 Å². The van der Waals surface area contributed by atoms with E-state index >= 15 is 0 Å². The molecule has 0 bridgehead atoms. The fraction of sp³-hybridized carbons (Fsp3) is 0. The number of aromatic nitrogens is 5. The number of hydrogen-bond acceptors (Lipinski definition) is 5. The third-order valence-corrected chi connectivity index (χ3v) is 7.77. The van der Waals surface area contributed by atoms with Crippen molar-refractivity contribution in [1.29, 1.82) is 0 Å². The average molecular weight is 564 g/mol. The molecule has 8 aromatic rings. The first-order valence-corrected chi connectivity index (χ1v) is 14.5. The molecule has 5 nitrogen and oxygen atoms in total. The van der Waals surface area contributed by atoms with Gasteiger partial charge in [0.25, 0.3) is 0 Å². The Labute approximate surface area is 254 Å². The van der Waals surface area contributed by atoms with Crippen LogP contribution in [0.15, 0.2) is 152 Å². The van der Waals surface area contributed by atoms with Crippen molar-refractivity contribution in [3.8, 4) is 56.4 Å². The van der Waals surface area contributed by atoms with E-state index in [-0.39, 0.29) is 0 Å². The summed E-state index contributed by atoms with van der Waals surface area (Å²) in [7, 11) is 0. The van der Waals surface area contributed by atoms with Crippen molar-refractivity contribution in [3.63, 3.8) is 0 Å². The third-order valence-electron chi connectivity index (χ3n) is 7.77. The Balaban J connectivity index is 1.19. The second-order valence-corrected chi connectivity index (χ2v) is 10.6. The monoisotopic (exact) mass is 563 g/mol. The number of nitrogens with zero attached hydrogens (tertiary/aromatic N) is 5. The first-order chi connectivity index (χ1) is 21.8. The van der Waals surface area contributed by atoms with Gasteiger partial charge in [0.1, 0.15) is 0 Å². The third kappa shape index (κ3) is 4.86. The van der Waals surface area contributed by atoms with Crippen LogP contribution < -0.4 is 0 Å². The summed E-state index contributed by atoms with van der Waals surface area (Å²) >= 11 is 0.